The van der Waals surface area contributed by atoms with Crippen LogP contribution in [0.15, 0.2) is 54.6 Å². The van der Waals surface area contributed by atoms with Gasteiger partial charge in [-0.05, 0) is 30.5 Å². The molecule has 11 nitrogen and oxygen atoms in total. The standard InChI is InChI=1S/C28H31BrN6O5/c1-2-17(14-36)35-24(26(38)31-15-34-20-11-7-6-10-19(20)32-33-34)28-12-18(29)23(40-28)21(22(28)27(35)39)25(37)30-13-16-8-4-3-5-9-16/h3-11,17-18,21-24,36H,2,12-15H2,1H3,(H,30,37)(H,31,38)/t17-,18?,21-,22-,23-,24?,28?/m0/s1. The van der Waals surface area contributed by atoms with E-state index in [1.807, 2.05) is 61.5 Å². The third kappa shape index (κ3) is 4.20. The largest absolute Gasteiger partial charge is 0.394 e. The van der Waals surface area contributed by atoms with E-state index >= 15 is 0 Å². The molecule has 3 aliphatic heterocycles. The Bertz CT molecular complexity index is 1430. The topological polar surface area (TPSA) is 139 Å². The number of likely N-dealkylation sites (tertiary alicyclic amines) is 1. The molecule has 40 heavy (non-hydrogen) atoms. The highest BCUT2D eigenvalue weighted by Gasteiger charge is 2.76. The molecule has 210 valence electrons. The average molecular weight is 611 g/mol. The normalized spacial score (nSPS) is 29.5. The van der Waals surface area contributed by atoms with Gasteiger partial charge in [0.1, 0.15) is 23.8 Å². The van der Waals surface area contributed by atoms with Crippen LogP contribution in [-0.4, -0.2) is 77.9 Å². The molecule has 7 atom stereocenters. The van der Waals surface area contributed by atoms with Crippen LogP contribution in [0.25, 0.3) is 11.0 Å². The summed E-state index contributed by atoms with van der Waals surface area (Å²) in [6.07, 6.45) is 0.268. The number of para-hydroxylation sites is 1. The molecule has 12 heteroatoms. The molecule has 2 aromatic carbocycles. The molecular weight excluding hydrogens is 580 g/mol. The summed E-state index contributed by atoms with van der Waals surface area (Å²) in [6.45, 7) is 1.90. The molecule has 3 fully saturated rings. The van der Waals surface area contributed by atoms with E-state index in [0.29, 0.717) is 24.9 Å². The highest BCUT2D eigenvalue weighted by atomic mass is 79.9. The Labute approximate surface area is 239 Å². The smallest absolute Gasteiger partial charge is 0.247 e. The Morgan fingerprint density at radius 1 is 1.15 bits per heavy atom. The molecule has 3 N–H and O–H groups in total. The van der Waals surface area contributed by atoms with Crippen molar-refractivity contribution in [1.29, 1.82) is 0 Å². The van der Waals surface area contributed by atoms with Gasteiger partial charge in [0.2, 0.25) is 17.7 Å². The van der Waals surface area contributed by atoms with Crippen LogP contribution >= 0.6 is 15.9 Å². The molecule has 3 aliphatic rings. The lowest BCUT2D eigenvalue weighted by molar-refractivity contribution is -0.145. The van der Waals surface area contributed by atoms with Crippen LogP contribution in [0.2, 0.25) is 0 Å². The van der Waals surface area contributed by atoms with Crippen molar-refractivity contribution in [2.75, 3.05) is 6.61 Å². The second-order valence-electron chi connectivity index (χ2n) is 10.6. The van der Waals surface area contributed by atoms with Crippen LogP contribution in [0.1, 0.15) is 25.3 Å². The number of carbonyl (C=O) groups is 3. The summed E-state index contributed by atoms with van der Waals surface area (Å²) in [5.74, 6) is -2.66. The van der Waals surface area contributed by atoms with Crippen molar-refractivity contribution in [2.45, 2.75) is 61.6 Å². The number of nitrogens with one attached hydrogen (secondary N) is 2. The van der Waals surface area contributed by atoms with Crippen LogP contribution in [0.5, 0.6) is 0 Å². The number of hydrogen-bond acceptors (Lipinski definition) is 7. The molecule has 1 aromatic heterocycles. The molecule has 1 spiro atoms. The fourth-order valence-electron chi connectivity index (χ4n) is 6.66. The van der Waals surface area contributed by atoms with E-state index in [4.69, 9.17) is 4.74 Å². The van der Waals surface area contributed by atoms with Crippen LogP contribution in [0.3, 0.4) is 0 Å². The predicted octanol–water partition coefficient (Wildman–Crippen LogP) is 1.34. The number of alkyl halides is 1. The third-order valence-electron chi connectivity index (χ3n) is 8.49. The minimum Gasteiger partial charge on any atom is -0.394 e. The number of amides is 3. The van der Waals surface area contributed by atoms with Crippen LogP contribution in [-0.2, 0) is 32.3 Å². The molecule has 3 amide bonds. The summed E-state index contributed by atoms with van der Waals surface area (Å²) in [4.78, 5) is 42.9. The monoisotopic (exact) mass is 610 g/mol. The number of hydrogen-bond donors (Lipinski definition) is 3. The first kappa shape index (κ1) is 26.9. The molecule has 2 bridgehead atoms. The second kappa shape index (κ2) is 10.6. The Morgan fingerprint density at radius 2 is 1.90 bits per heavy atom. The first-order chi connectivity index (χ1) is 19.4. The summed E-state index contributed by atoms with van der Waals surface area (Å²) in [7, 11) is 0. The lowest BCUT2D eigenvalue weighted by Crippen LogP contribution is -2.58. The van der Waals surface area contributed by atoms with Gasteiger partial charge < -0.3 is 25.4 Å². The summed E-state index contributed by atoms with van der Waals surface area (Å²) in [6, 6.07) is 15.3. The summed E-state index contributed by atoms with van der Waals surface area (Å²) in [5.41, 5.74) is 1.19. The molecule has 6 rings (SSSR count). The number of carbonyl (C=O) groups excluding carboxylic acids is 3. The van der Waals surface area contributed by atoms with Crippen molar-refractivity contribution >= 4 is 44.7 Å². The number of aromatic nitrogens is 3. The first-order valence-corrected chi connectivity index (χ1v) is 14.4. The van der Waals surface area contributed by atoms with Crippen LogP contribution in [0, 0.1) is 11.8 Å². The van der Waals surface area contributed by atoms with Gasteiger partial charge in [0.25, 0.3) is 0 Å². The average Bonchev–Trinajstić information content (AvgIpc) is 3.69. The maximum absolute atomic E-state index is 14.1. The second-order valence-corrected chi connectivity index (χ2v) is 11.8. The number of fused-ring (bicyclic) bond motifs is 2. The van der Waals surface area contributed by atoms with Crippen molar-refractivity contribution in [1.82, 2.24) is 30.5 Å². The maximum Gasteiger partial charge on any atom is 0.247 e. The Balaban J connectivity index is 1.29. The summed E-state index contributed by atoms with van der Waals surface area (Å²) >= 11 is 3.68. The predicted molar refractivity (Wildman–Crippen MR) is 148 cm³/mol. The summed E-state index contributed by atoms with van der Waals surface area (Å²) < 4.78 is 8.09. The fraction of sp³-hybridized carbons (Fsp3) is 0.464. The minimum absolute atomic E-state index is 0.0384. The van der Waals surface area contributed by atoms with Gasteiger partial charge in [0.05, 0.1) is 36.1 Å². The van der Waals surface area contributed by atoms with Crippen LogP contribution < -0.4 is 10.6 Å². The SMILES string of the molecule is CC[C@@H](CO)N1C(=O)[C@@H]2[C@H](C(=O)NCc3ccccc3)[C@H]3OC2(CC3Br)C1C(=O)NCn1nnc2ccccc21. The quantitative estimate of drug-likeness (QED) is 0.311. The van der Waals surface area contributed by atoms with Crippen molar-refractivity contribution in [3.05, 3.63) is 60.2 Å². The maximum atomic E-state index is 14.1. The van der Waals surface area contributed by atoms with Crippen molar-refractivity contribution < 1.29 is 24.2 Å². The van der Waals surface area contributed by atoms with Gasteiger partial charge in [0.15, 0.2) is 0 Å². The van der Waals surface area contributed by atoms with Gasteiger partial charge in [0, 0.05) is 11.4 Å². The van der Waals surface area contributed by atoms with Gasteiger partial charge in [-0.25, -0.2) is 4.68 Å². The van der Waals surface area contributed by atoms with Gasteiger partial charge in [-0.15, -0.1) is 5.10 Å². The minimum atomic E-state index is -1.21. The Morgan fingerprint density at radius 3 is 2.65 bits per heavy atom. The zero-order valence-electron chi connectivity index (χ0n) is 21.9. The fourth-order valence-corrected chi connectivity index (χ4v) is 7.60. The molecule has 0 aliphatic carbocycles. The number of ether oxygens (including phenoxy) is 1. The Hall–Kier alpha value is -3.35. The van der Waals surface area contributed by atoms with E-state index in [2.05, 4.69) is 36.9 Å². The van der Waals surface area contributed by atoms with Crippen molar-refractivity contribution in [3.63, 3.8) is 0 Å². The summed E-state index contributed by atoms with van der Waals surface area (Å²) in [5, 5.41) is 24.4. The zero-order chi connectivity index (χ0) is 28.0. The van der Waals surface area contributed by atoms with Crippen molar-refractivity contribution in [3.8, 4) is 0 Å². The van der Waals surface area contributed by atoms with E-state index in [0.717, 1.165) is 11.1 Å². The highest BCUT2D eigenvalue weighted by molar-refractivity contribution is 9.09. The lowest BCUT2D eigenvalue weighted by Gasteiger charge is -2.36. The number of aliphatic hydroxyl groups excluding tert-OH is 1. The number of aliphatic hydroxyl groups is 1. The molecule has 4 heterocycles. The van der Waals surface area contributed by atoms with E-state index in [9.17, 15) is 19.5 Å². The molecule has 3 unspecified atom stereocenters. The van der Waals surface area contributed by atoms with E-state index in [-0.39, 0.29) is 29.9 Å². The number of nitrogens with zero attached hydrogens (tertiary/aromatic N) is 4. The highest BCUT2D eigenvalue weighted by Crippen LogP contribution is 2.60. The van der Waals surface area contributed by atoms with Gasteiger partial charge >= 0.3 is 0 Å². The van der Waals surface area contributed by atoms with E-state index < -0.39 is 41.5 Å². The number of halogens is 1. The van der Waals surface area contributed by atoms with Crippen LogP contribution in [0.4, 0.5) is 0 Å². The van der Waals surface area contributed by atoms with Gasteiger partial charge in [-0.3, -0.25) is 14.4 Å². The van der Waals surface area contributed by atoms with E-state index in [1.165, 1.54) is 4.90 Å². The van der Waals surface area contributed by atoms with Crippen molar-refractivity contribution in [2.24, 2.45) is 11.8 Å². The third-order valence-corrected chi connectivity index (χ3v) is 9.33. The van der Waals surface area contributed by atoms with Gasteiger partial charge in [-0.1, -0.05) is 70.5 Å². The van der Waals surface area contributed by atoms with Gasteiger partial charge in [-0.2, -0.15) is 0 Å². The number of rotatable bonds is 9. The Kier molecular flexibility index (Phi) is 7.09. The first-order valence-electron chi connectivity index (χ1n) is 13.5. The lowest BCUT2D eigenvalue weighted by atomic mass is 9.70. The molecule has 0 saturated carbocycles. The number of benzene rings is 2. The molecule has 3 aromatic rings. The zero-order valence-corrected chi connectivity index (χ0v) is 23.5. The molecule has 3 saturated heterocycles. The molecule has 0 radical (unpaired) electrons. The van der Waals surface area contributed by atoms with E-state index in [1.54, 1.807) is 4.68 Å². The molecular formula is C28H31BrN6O5.